The zero-order valence-corrected chi connectivity index (χ0v) is 18.2. The highest BCUT2D eigenvalue weighted by Crippen LogP contribution is 2.26. The van der Waals surface area contributed by atoms with Gasteiger partial charge in [-0.15, -0.1) is 24.8 Å². The number of nitrogens with zero attached hydrogens (tertiary/aromatic N) is 2. The molecule has 1 aliphatic rings. The van der Waals surface area contributed by atoms with E-state index < -0.39 is 24.7 Å². The van der Waals surface area contributed by atoms with Crippen LogP contribution in [0.25, 0.3) is 10.9 Å². The number of hydrogen-bond donors (Lipinski definition) is 2. The lowest BCUT2D eigenvalue weighted by Crippen LogP contribution is -2.57. The number of alkyl halides is 3. The minimum atomic E-state index is -4.43. The third kappa shape index (κ3) is 6.10. The molecule has 1 aromatic carbocycles. The topological polar surface area (TPSA) is 66.5 Å². The number of amides is 1. The number of carbonyl (C=O) groups excluding carboxylic acids is 1. The number of methoxy groups -OCH3 is 1. The average Bonchev–Trinajstić information content (AvgIpc) is 2.66. The van der Waals surface area contributed by atoms with E-state index in [0.717, 1.165) is 0 Å². The first-order valence-electron chi connectivity index (χ1n) is 9.04. The Balaban J connectivity index is 0.00000225. The molecule has 1 amide bonds. The van der Waals surface area contributed by atoms with Crippen LogP contribution in [0.2, 0.25) is 0 Å². The van der Waals surface area contributed by atoms with Crippen LogP contribution >= 0.6 is 24.8 Å². The largest absolute Gasteiger partial charge is 0.497 e. The number of ether oxygens (including phenoxy) is 1. The molecule has 11 heteroatoms. The van der Waals surface area contributed by atoms with E-state index in [1.165, 1.54) is 12.0 Å². The first kappa shape index (κ1) is 26.2. The average molecular weight is 469 g/mol. The summed E-state index contributed by atoms with van der Waals surface area (Å²) in [6.07, 6.45) is -4.43. The minimum Gasteiger partial charge on any atom is -0.497 e. The molecule has 1 aromatic heterocycles. The van der Waals surface area contributed by atoms with Crippen LogP contribution in [-0.4, -0.2) is 67.8 Å². The van der Waals surface area contributed by atoms with Crippen molar-refractivity contribution in [1.82, 2.24) is 20.5 Å². The summed E-state index contributed by atoms with van der Waals surface area (Å²) < 4.78 is 45.8. The van der Waals surface area contributed by atoms with Crippen LogP contribution in [0.4, 0.5) is 13.2 Å². The Bertz CT molecular complexity index is 862. The van der Waals surface area contributed by atoms with Gasteiger partial charge >= 0.3 is 6.18 Å². The first-order valence-corrected chi connectivity index (χ1v) is 9.04. The standard InChI is InChI=1S/C19H23F3N4O2.2ClH/c1-12-9-15(14-10-13(28-2)3-4-16(14)25-12)18(27)24-11-17(19(20,21)22)26-7-5-23-6-8-26;;/h3-4,9-10,17,23H,5-8,11H2,1-2H3,(H,24,27);2*1H. The summed E-state index contributed by atoms with van der Waals surface area (Å²) in [6, 6.07) is 4.96. The fourth-order valence-corrected chi connectivity index (χ4v) is 3.38. The molecule has 0 radical (unpaired) electrons. The number of pyridine rings is 1. The molecule has 1 fully saturated rings. The van der Waals surface area contributed by atoms with Crippen molar-refractivity contribution >= 4 is 41.6 Å². The van der Waals surface area contributed by atoms with Crippen molar-refractivity contribution in [2.45, 2.75) is 19.1 Å². The molecule has 0 saturated carbocycles. The van der Waals surface area contributed by atoms with Crippen molar-refractivity contribution in [2.24, 2.45) is 0 Å². The van der Waals surface area contributed by atoms with Gasteiger partial charge in [0.15, 0.2) is 0 Å². The van der Waals surface area contributed by atoms with Gasteiger partial charge in [-0.05, 0) is 31.2 Å². The lowest BCUT2D eigenvalue weighted by atomic mass is 10.1. The molecular weight excluding hydrogens is 444 g/mol. The van der Waals surface area contributed by atoms with E-state index in [-0.39, 0.29) is 43.5 Å². The van der Waals surface area contributed by atoms with Crippen molar-refractivity contribution in [3.8, 4) is 5.75 Å². The fourth-order valence-electron chi connectivity index (χ4n) is 3.38. The first-order chi connectivity index (χ1) is 13.3. The number of benzene rings is 1. The quantitative estimate of drug-likeness (QED) is 0.705. The number of aryl methyl sites for hydroxylation is 1. The van der Waals surface area contributed by atoms with Gasteiger partial charge in [0, 0.05) is 43.8 Å². The maximum absolute atomic E-state index is 13.5. The lowest BCUT2D eigenvalue weighted by Gasteiger charge is -2.35. The van der Waals surface area contributed by atoms with Gasteiger partial charge in [-0.25, -0.2) is 0 Å². The summed E-state index contributed by atoms with van der Waals surface area (Å²) in [7, 11) is 1.50. The van der Waals surface area contributed by atoms with Gasteiger partial charge in [-0.1, -0.05) is 0 Å². The predicted molar refractivity (Wildman–Crippen MR) is 114 cm³/mol. The van der Waals surface area contributed by atoms with Gasteiger partial charge in [0.05, 0.1) is 18.2 Å². The van der Waals surface area contributed by atoms with E-state index in [1.807, 2.05) is 0 Å². The minimum absolute atomic E-state index is 0. The number of aromatic nitrogens is 1. The molecule has 3 rings (SSSR count). The van der Waals surface area contributed by atoms with Crippen LogP contribution in [0, 0.1) is 6.92 Å². The lowest BCUT2D eigenvalue weighted by molar-refractivity contribution is -0.183. The molecule has 0 bridgehead atoms. The van der Waals surface area contributed by atoms with Crippen molar-refractivity contribution in [3.63, 3.8) is 0 Å². The molecule has 2 aromatic rings. The Hall–Kier alpha value is -1.81. The van der Waals surface area contributed by atoms with Crippen LogP contribution in [0.1, 0.15) is 16.1 Å². The highest BCUT2D eigenvalue weighted by molar-refractivity contribution is 6.06. The van der Waals surface area contributed by atoms with E-state index in [2.05, 4.69) is 15.6 Å². The number of piperazine rings is 1. The molecular formula is C19H25Cl2F3N4O2. The zero-order chi connectivity index (χ0) is 20.3. The molecule has 1 aliphatic heterocycles. The van der Waals surface area contributed by atoms with E-state index in [1.54, 1.807) is 31.2 Å². The van der Waals surface area contributed by atoms with Crippen molar-refractivity contribution in [3.05, 3.63) is 35.5 Å². The molecule has 1 saturated heterocycles. The van der Waals surface area contributed by atoms with Crippen molar-refractivity contribution in [1.29, 1.82) is 0 Å². The fraction of sp³-hybridized carbons (Fsp3) is 0.474. The van der Waals surface area contributed by atoms with E-state index in [0.29, 0.717) is 35.4 Å². The van der Waals surface area contributed by atoms with Crippen LogP contribution in [0.15, 0.2) is 24.3 Å². The molecule has 0 spiro atoms. The summed E-state index contributed by atoms with van der Waals surface area (Å²) in [5.74, 6) is -0.0191. The molecule has 2 heterocycles. The Labute approximate surface area is 185 Å². The predicted octanol–water partition coefficient (Wildman–Crippen LogP) is 2.96. The van der Waals surface area contributed by atoms with Crippen LogP contribution < -0.4 is 15.4 Å². The van der Waals surface area contributed by atoms with Gasteiger partial charge in [0.2, 0.25) is 0 Å². The molecule has 2 N–H and O–H groups in total. The smallest absolute Gasteiger partial charge is 0.405 e. The van der Waals surface area contributed by atoms with Crippen LogP contribution in [0.5, 0.6) is 5.75 Å². The number of fused-ring (bicyclic) bond motifs is 1. The second kappa shape index (κ2) is 11.0. The SMILES string of the molecule is COc1ccc2nc(C)cc(C(=O)NCC(N3CCNCC3)C(F)(F)F)c2c1.Cl.Cl. The molecule has 30 heavy (non-hydrogen) atoms. The van der Waals surface area contributed by atoms with Crippen molar-refractivity contribution < 1.29 is 22.7 Å². The van der Waals surface area contributed by atoms with Gasteiger partial charge < -0.3 is 15.4 Å². The number of halogens is 5. The Morgan fingerprint density at radius 3 is 2.53 bits per heavy atom. The highest BCUT2D eigenvalue weighted by atomic mass is 35.5. The number of rotatable bonds is 5. The van der Waals surface area contributed by atoms with Crippen molar-refractivity contribution in [2.75, 3.05) is 39.8 Å². The van der Waals surface area contributed by atoms with E-state index in [9.17, 15) is 18.0 Å². The monoisotopic (exact) mass is 468 g/mol. The number of hydrogen-bond acceptors (Lipinski definition) is 5. The zero-order valence-electron chi connectivity index (χ0n) is 16.6. The highest BCUT2D eigenvalue weighted by Gasteiger charge is 2.43. The molecule has 1 atom stereocenters. The third-order valence-corrected chi connectivity index (χ3v) is 4.81. The summed E-state index contributed by atoms with van der Waals surface area (Å²) in [6.45, 7) is 2.79. The summed E-state index contributed by atoms with van der Waals surface area (Å²) in [4.78, 5) is 18.5. The third-order valence-electron chi connectivity index (χ3n) is 4.81. The Kier molecular flexibility index (Phi) is 9.61. The normalized spacial score (nSPS) is 15.6. The van der Waals surface area contributed by atoms with E-state index >= 15 is 0 Å². The molecule has 6 nitrogen and oxygen atoms in total. The number of nitrogens with one attached hydrogen (secondary N) is 2. The molecule has 1 unspecified atom stereocenters. The summed E-state index contributed by atoms with van der Waals surface area (Å²) in [5.41, 5.74) is 1.47. The number of carbonyl (C=O) groups is 1. The second-order valence-corrected chi connectivity index (χ2v) is 6.75. The Morgan fingerprint density at radius 2 is 1.93 bits per heavy atom. The van der Waals surface area contributed by atoms with Gasteiger partial charge in [-0.3, -0.25) is 14.7 Å². The van der Waals surface area contributed by atoms with Gasteiger partial charge in [0.1, 0.15) is 11.8 Å². The maximum Gasteiger partial charge on any atom is 0.405 e. The summed E-state index contributed by atoms with van der Waals surface area (Å²) in [5, 5.41) is 6.04. The van der Waals surface area contributed by atoms with Gasteiger partial charge in [0.25, 0.3) is 5.91 Å². The molecule has 0 aliphatic carbocycles. The van der Waals surface area contributed by atoms with Crippen LogP contribution in [-0.2, 0) is 0 Å². The maximum atomic E-state index is 13.5. The second-order valence-electron chi connectivity index (χ2n) is 6.75. The van der Waals surface area contributed by atoms with E-state index in [4.69, 9.17) is 4.74 Å². The summed E-state index contributed by atoms with van der Waals surface area (Å²) >= 11 is 0. The van der Waals surface area contributed by atoms with Gasteiger partial charge in [-0.2, -0.15) is 13.2 Å². The van der Waals surface area contributed by atoms with Crippen LogP contribution in [0.3, 0.4) is 0 Å². The molecule has 168 valence electrons. The Morgan fingerprint density at radius 1 is 1.27 bits per heavy atom.